The van der Waals surface area contributed by atoms with Crippen LogP contribution in [-0.4, -0.2) is 55.9 Å². The van der Waals surface area contributed by atoms with Crippen molar-refractivity contribution in [1.29, 1.82) is 0 Å². The third-order valence-electron chi connectivity index (χ3n) is 4.97. The lowest BCUT2D eigenvalue weighted by atomic mass is 10.2. The summed E-state index contributed by atoms with van der Waals surface area (Å²) in [6.07, 6.45) is 0. The molecular weight excluding hydrogens is 406 g/mol. The lowest BCUT2D eigenvalue weighted by Crippen LogP contribution is -2.48. The number of piperazine rings is 1. The highest BCUT2D eigenvalue weighted by molar-refractivity contribution is 7.89. The lowest BCUT2D eigenvalue weighted by Gasteiger charge is -2.33. The normalized spacial score (nSPS) is 16.0. The van der Waals surface area contributed by atoms with Crippen LogP contribution in [0.5, 0.6) is 5.75 Å². The zero-order valence-electron chi connectivity index (χ0n) is 16.2. The van der Waals surface area contributed by atoms with Crippen LogP contribution in [0.4, 0.5) is 0 Å². The SMILES string of the molecule is COc1cccc(-c2nc(CN3CCN(S(=O)(=O)c4ccccc4)CC3)cs2)c1. The summed E-state index contributed by atoms with van der Waals surface area (Å²) in [7, 11) is -1.76. The molecule has 0 unspecified atom stereocenters. The van der Waals surface area contributed by atoms with Gasteiger partial charge in [0.05, 0.1) is 17.7 Å². The van der Waals surface area contributed by atoms with E-state index in [4.69, 9.17) is 9.72 Å². The zero-order chi connectivity index (χ0) is 20.3. The summed E-state index contributed by atoms with van der Waals surface area (Å²) in [5, 5.41) is 3.03. The van der Waals surface area contributed by atoms with Gasteiger partial charge in [-0.3, -0.25) is 4.90 Å². The molecule has 152 valence electrons. The second-order valence-electron chi connectivity index (χ2n) is 6.87. The summed E-state index contributed by atoms with van der Waals surface area (Å²) in [4.78, 5) is 7.36. The highest BCUT2D eigenvalue weighted by atomic mass is 32.2. The summed E-state index contributed by atoms with van der Waals surface area (Å²) < 4.78 is 32.4. The fourth-order valence-electron chi connectivity index (χ4n) is 3.37. The summed E-state index contributed by atoms with van der Waals surface area (Å²) in [5.74, 6) is 0.815. The molecule has 0 atom stereocenters. The van der Waals surface area contributed by atoms with Gasteiger partial charge in [0.2, 0.25) is 10.0 Å². The van der Waals surface area contributed by atoms with E-state index in [1.54, 1.807) is 47.0 Å². The molecule has 29 heavy (non-hydrogen) atoms. The van der Waals surface area contributed by atoms with Crippen molar-refractivity contribution in [2.75, 3.05) is 33.3 Å². The van der Waals surface area contributed by atoms with Crippen LogP contribution in [0.1, 0.15) is 5.69 Å². The Morgan fingerprint density at radius 1 is 1.03 bits per heavy atom. The predicted molar refractivity (Wildman–Crippen MR) is 115 cm³/mol. The van der Waals surface area contributed by atoms with Crippen molar-refractivity contribution in [2.24, 2.45) is 0 Å². The van der Waals surface area contributed by atoms with Crippen molar-refractivity contribution in [3.05, 3.63) is 65.7 Å². The number of nitrogens with zero attached hydrogens (tertiary/aromatic N) is 3. The Bertz CT molecular complexity index is 1060. The maximum absolute atomic E-state index is 12.8. The van der Waals surface area contributed by atoms with E-state index in [9.17, 15) is 8.42 Å². The van der Waals surface area contributed by atoms with Gasteiger partial charge in [-0.15, -0.1) is 11.3 Å². The highest BCUT2D eigenvalue weighted by Gasteiger charge is 2.28. The van der Waals surface area contributed by atoms with Crippen molar-refractivity contribution in [3.63, 3.8) is 0 Å². The lowest BCUT2D eigenvalue weighted by molar-refractivity contribution is 0.180. The Morgan fingerprint density at radius 2 is 1.79 bits per heavy atom. The first-order valence-electron chi connectivity index (χ1n) is 9.42. The first-order chi connectivity index (χ1) is 14.1. The molecule has 1 saturated heterocycles. The molecule has 1 aliphatic rings. The number of methoxy groups -OCH3 is 1. The van der Waals surface area contributed by atoms with Crippen LogP contribution in [0.15, 0.2) is 64.9 Å². The zero-order valence-corrected chi connectivity index (χ0v) is 17.8. The second kappa shape index (κ2) is 8.62. The number of sulfonamides is 1. The second-order valence-corrected chi connectivity index (χ2v) is 9.67. The Hall–Kier alpha value is -2.26. The molecule has 1 fully saturated rings. The van der Waals surface area contributed by atoms with Crippen molar-refractivity contribution in [3.8, 4) is 16.3 Å². The standard InChI is InChI=1S/C21H23N3O3S2/c1-27-19-7-5-6-17(14-19)21-22-18(16-28-21)15-23-10-12-24(13-11-23)29(25,26)20-8-3-2-4-9-20/h2-9,14,16H,10-13,15H2,1H3. The van der Waals surface area contributed by atoms with Gasteiger partial charge in [-0.05, 0) is 24.3 Å². The number of hydrogen-bond acceptors (Lipinski definition) is 6. The molecule has 0 amide bonds. The molecule has 1 aromatic heterocycles. The van der Waals surface area contributed by atoms with E-state index in [2.05, 4.69) is 10.3 Å². The van der Waals surface area contributed by atoms with E-state index in [-0.39, 0.29) is 0 Å². The van der Waals surface area contributed by atoms with E-state index in [1.165, 1.54) is 0 Å². The molecule has 2 aromatic carbocycles. The summed E-state index contributed by atoms with van der Waals surface area (Å²) in [5.41, 5.74) is 2.05. The number of ether oxygens (including phenoxy) is 1. The van der Waals surface area contributed by atoms with E-state index in [0.717, 1.165) is 28.6 Å². The van der Waals surface area contributed by atoms with Gasteiger partial charge in [-0.2, -0.15) is 4.31 Å². The van der Waals surface area contributed by atoms with Crippen LogP contribution in [0.3, 0.4) is 0 Å². The molecule has 0 bridgehead atoms. The van der Waals surface area contributed by atoms with Crippen LogP contribution < -0.4 is 4.74 Å². The molecule has 8 heteroatoms. The molecule has 4 rings (SSSR count). The number of benzene rings is 2. The summed E-state index contributed by atoms with van der Waals surface area (Å²) in [6, 6.07) is 16.5. The van der Waals surface area contributed by atoms with Gasteiger partial charge >= 0.3 is 0 Å². The molecule has 0 spiro atoms. The number of aromatic nitrogens is 1. The van der Waals surface area contributed by atoms with Crippen molar-refractivity contribution in [1.82, 2.24) is 14.2 Å². The molecule has 0 radical (unpaired) electrons. The number of rotatable bonds is 6. The fraction of sp³-hybridized carbons (Fsp3) is 0.286. The van der Waals surface area contributed by atoms with Gasteiger partial charge in [-0.1, -0.05) is 30.3 Å². The minimum Gasteiger partial charge on any atom is -0.497 e. The van der Waals surface area contributed by atoms with Gasteiger partial charge < -0.3 is 4.74 Å². The van der Waals surface area contributed by atoms with Crippen LogP contribution in [0.2, 0.25) is 0 Å². The van der Waals surface area contributed by atoms with E-state index < -0.39 is 10.0 Å². The van der Waals surface area contributed by atoms with Gasteiger partial charge in [0.15, 0.2) is 0 Å². The van der Waals surface area contributed by atoms with Crippen LogP contribution >= 0.6 is 11.3 Å². The number of thiazole rings is 1. The Kier molecular flexibility index (Phi) is 5.96. The monoisotopic (exact) mass is 429 g/mol. The van der Waals surface area contributed by atoms with Crippen molar-refractivity contribution < 1.29 is 13.2 Å². The van der Waals surface area contributed by atoms with Gasteiger partial charge in [0, 0.05) is 43.7 Å². The quantitative estimate of drug-likeness (QED) is 0.602. The average molecular weight is 430 g/mol. The largest absolute Gasteiger partial charge is 0.497 e. The third-order valence-corrected chi connectivity index (χ3v) is 7.82. The molecule has 3 aromatic rings. The molecule has 0 saturated carbocycles. The van der Waals surface area contributed by atoms with E-state index >= 15 is 0 Å². The topological polar surface area (TPSA) is 62.7 Å². The average Bonchev–Trinajstić information content (AvgIpc) is 3.23. The minimum absolute atomic E-state index is 0.357. The molecule has 6 nitrogen and oxygen atoms in total. The van der Waals surface area contributed by atoms with Gasteiger partial charge in [0.1, 0.15) is 10.8 Å². The summed E-state index contributed by atoms with van der Waals surface area (Å²) >= 11 is 1.61. The van der Waals surface area contributed by atoms with E-state index in [1.807, 2.05) is 30.3 Å². The smallest absolute Gasteiger partial charge is 0.243 e. The van der Waals surface area contributed by atoms with Gasteiger partial charge in [-0.25, -0.2) is 13.4 Å². The van der Waals surface area contributed by atoms with Crippen molar-refractivity contribution in [2.45, 2.75) is 11.4 Å². The van der Waals surface area contributed by atoms with Crippen LogP contribution in [0.25, 0.3) is 10.6 Å². The van der Waals surface area contributed by atoms with E-state index in [0.29, 0.717) is 31.1 Å². The maximum Gasteiger partial charge on any atom is 0.243 e. The predicted octanol–water partition coefficient (Wildman–Crippen LogP) is 3.33. The van der Waals surface area contributed by atoms with Crippen LogP contribution in [0, 0.1) is 0 Å². The Morgan fingerprint density at radius 3 is 2.52 bits per heavy atom. The Balaban J connectivity index is 1.37. The molecule has 0 N–H and O–H groups in total. The molecule has 0 aliphatic carbocycles. The van der Waals surface area contributed by atoms with Crippen LogP contribution in [-0.2, 0) is 16.6 Å². The number of hydrogen-bond donors (Lipinski definition) is 0. The summed E-state index contributed by atoms with van der Waals surface area (Å²) in [6.45, 7) is 3.09. The Labute approximate surface area is 175 Å². The van der Waals surface area contributed by atoms with Gasteiger partial charge in [0.25, 0.3) is 0 Å². The minimum atomic E-state index is -3.42. The third kappa shape index (κ3) is 4.51. The fourth-order valence-corrected chi connectivity index (χ4v) is 5.62. The highest BCUT2D eigenvalue weighted by Crippen LogP contribution is 2.27. The first kappa shape index (κ1) is 20.0. The molecular formula is C21H23N3O3S2. The molecule has 2 heterocycles. The first-order valence-corrected chi connectivity index (χ1v) is 11.7. The van der Waals surface area contributed by atoms with Crippen molar-refractivity contribution >= 4 is 21.4 Å². The maximum atomic E-state index is 12.8. The molecule has 1 aliphatic heterocycles.